The van der Waals surface area contributed by atoms with Gasteiger partial charge in [0.2, 0.25) is 0 Å². The molecule has 0 fully saturated rings. The highest BCUT2D eigenvalue weighted by molar-refractivity contribution is 5.81. The second kappa shape index (κ2) is 7.67. The second-order valence-corrected chi connectivity index (χ2v) is 5.39. The fourth-order valence-electron chi connectivity index (χ4n) is 2.44. The Kier molecular flexibility index (Phi) is 5.61. The molecule has 7 nitrogen and oxygen atoms in total. The molecule has 130 valence electrons. The van der Waals surface area contributed by atoms with Gasteiger partial charge in [0.25, 0.3) is 11.2 Å². The van der Waals surface area contributed by atoms with Crippen LogP contribution in [-0.4, -0.2) is 21.5 Å². The molecule has 7 heteroatoms. The lowest BCUT2D eigenvalue weighted by Gasteiger charge is -2.18. The first-order valence-electron chi connectivity index (χ1n) is 7.78. The highest BCUT2D eigenvalue weighted by Crippen LogP contribution is 2.21. The van der Waals surface area contributed by atoms with Crippen LogP contribution >= 0.6 is 0 Å². The van der Waals surface area contributed by atoms with Crippen molar-refractivity contribution >= 4 is 22.3 Å². The van der Waals surface area contributed by atoms with Gasteiger partial charge in [-0.3, -0.25) is 19.5 Å². The zero-order valence-electron chi connectivity index (χ0n) is 14.4. The molecule has 1 heterocycles. The van der Waals surface area contributed by atoms with E-state index in [1.165, 1.54) is 22.8 Å². The summed E-state index contributed by atoms with van der Waals surface area (Å²) in [6.45, 7) is 7.33. The van der Waals surface area contributed by atoms with Gasteiger partial charge in [-0.15, -0.1) is 0 Å². The Balaban J connectivity index is 2.90. The maximum absolute atomic E-state index is 13.1. The molecule has 2 aromatic rings. The van der Waals surface area contributed by atoms with Crippen molar-refractivity contribution in [2.45, 2.75) is 19.9 Å². The summed E-state index contributed by atoms with van der Waals surface area (Å²) in [5.41, 5.74) is 0.540. The average Bonchev–Trinajstić information content (AvgIpc) is 2.62. The molecule has 2 rings (SSSR count). The summed E-state index contributed by atoms with van der Waals surface area (Å²) in [6, 6.07) is 3.92. The first-order valence-corrected chi connectivity index (χ1v) is 7.78. The minimum Gasteiger partial charge on any atom is -0.311 e. The van der Waals surface area contributed by atoms with Crippen molar-refractivity contribution in [3.05, 3.63) is 75.4 Å². The van der Waals surface area contributed by atoms with Crippen LogP contribution in [0.2, 0.25) is 0 Å². The Labute approximate surface area is 145 Å². The standard InChI is InChI=1S/C18H20N4O3/c1-5-7-8-13(6-2)21-17(12(3)19-4)20-16-10-9-14(22(24)25)11-15(16)18(21)23/h5-12,19H,1H2,2-4H3/b8-7-,13-6+. The first-order chi connectivity index (χ1) is 11.9. The third-order valence-electron chi connectivity index (χ3n) is 3.87. The van der Waals surface area contributed by atoms with Gasteiger partial charge < -0.3 is 5.32 Å². The summed E-state index contributed by atoms with van der Waals surface area (Å²) in [5, 5.41) is 14.3. The van der Waals surface area contributed by atoms with Crippen LogP contribution in [0.25, 0.3) is 16.6 Å². The topological polar surface area (TPSA) is 90.1 Å². The number of nitrogens with zero attached hydrogens (tertiary/aromatic N) is 3. The minimum atomic E-state index is -0.526. The molecule has 0 radical (unpaired) electrons. The summed E-state index contributed by atoms with van der Waals surface area (Å²) < 4.78 is 1.47. The highest BCUT2D eigenvalue weighted by atomic mass is 16.6. The van der Waals surface area contributed by atoms with E-state index in [4.69, 9.17) is 0 Å². The van der Waals surface area contributed by atoms with Crippen LogP contribution in [0, 0.1) is 10.1 Å². The van der Waals surface area contributed by atoms with E-state index in [2.05, 4.69) is 16.9 Å². The summed E-state index contributed by atoms with van der Waals surface area (Å²) in [6.07, 6.45) is 6.84. The van der Waals surface area contributed by atoms with E-state index in [1.807, 2.05) is 6.92 Å². The van der Waals surface area contributed by atoms with Gasteiger partial charge >= 0.3 is 0 Å². The van der Waals surface area contributed by atoms with Crippen molar-refractivity contribution in [2.75, 3.05) is 7.05 Å². The zero-order valence-corrected chi connectivity index (χ0v) is 14.4. The number of nitrogens with one attached hydrogen (secondary N) is 1. The highest BCUT2D eigenvalue weighted by Gasteiger charge is 2.19. The Morgan fingerprint density at radius 2 is 2.20 bits per heavy atom. The van der Waals surface area contributed by atoms with Gasteiger partial charge in [-0.1, -0.05) is 24.8 Å². The molecule has 1 atom stereocenters. The van der Waals surface area contributed by atoms with Gasteiger partial charge in [-0.2, -0.15) is 0 Å². The Morgan fingerprint density at radius 3 is 2.76 bits per heavy atom. The van der Waals surface area contributed by atoms with Crippen LogP contribution in [0.5, 0.6) is 0 Å². The quantitative estimate of drug-likeness (QED) is 0.495. The van der Waals surface area contributed by atoms with Gasteiger partial charge in [-0.25, -0.2) is 4.98 Å². The van der Waals surface area contributed by atoms with E-state index < -0.39 is 4.92 Å². The van der Waals surface area contributed by atoms with Crippen molar-refractivity contribution in [1.29, 1.82) is 0 Å². The number of hydrogen-bond donors (Lipinski definition) is 1. The van der Waals surface area contributed by atoms with Crippen LogP contribution in [0.1, 0.15) is 25.7 Å². The molecule has 0 aliphatic carbocycles. The number of non-ortho nitro benzene ring substituents is 1. The van der Waals surface area contributed by atoms with E-state index in [9.17, 15) is 14.9 Å². The predicted molar refractivity (Wildman–Crippen MR) is 99.4 cm³/mol. The zero-order chi connectivity index (χ0) is 18.6. The van der Waals surface area contributed by atoms with E-state index >= 15 is 0 Å². The molecule has 0 spiro atoms. The van der Waals surface area contributed by atoms with Crippen molar-refractivity contribution in [2.24, 2.45) is 0 Å². The van der Waals surface area contributed by atoms with E-state index in [-0.39, 0.29) is 22.7 Å². The van der Waals surface area contributed by atoms with Crippen molar-refractivity contribution in [1.82, 2.24) is 14.9 Å². The molecular formula is C18H20N4O3. The van der Waals surface area contributed by atoms with Crippen LogP contribution in [0.4, 0.5) is 5.69 Å². The SMILES string of the molecule is C=C/C=C\C(=C/C)n1c(C(C)NC)nc2ccc([N+](=O)[O-])cc2c1=O. The van der Waals surface area contributed by atoms with Gasteiger partial charge in [0, 0.05) is 17.8 Å². The Bertz CT molecular complexity index is 941. The average molecular weight is 340 g/mol. The lowest BCUT2D eigenvalue weighted by atomic mass is 10.2. The maximum Gasteiger partial charge on any atom is 0.270 e. The first kappa shape index (κ1) is 18.3. The van der Waals surface area contributed by atoms with Crippen molar-refractivity contribution in [3.63, 3.8) is 0 Å². The predicted octanol–water partition coefficient (Wildman–Crippen LogP) is 3.19. The molecule has 0 saturated carbocycles. The van der Waals surface area contributed by atoms with Crippen LogP contribution in [0.15, 0.2) is 53.9 Å². The molecule has 0 bridgehead atoms. The Hall–Kier alpha value is -3.06. The normalized spacial score (nSPS) is 13.3. The number of nitro groups is 1. The third-order valence-corrected chi connectivity index (χ3v) is 3.87. The molecule has 1 aromatic heterocycles. The molecule has 1 aromatic carbocycles. The molecule has 1 unspecified atom stereocenters. The van der Waals surface area contributed by atoms with Gasteiger partial charge in [0.05, 0.1) is 21.9 Å². The van der Waals surface area contributed by atoms with Crippen molar-refractivity contribution < 1.29 is 4.92 Å². The number of nitro benzene ring substituents is 1. The number of hydrogen-bond acceptors (Lipinski definition) is 5. The van der Waals surface area contributed by atoms with E-state index in [0.717, 1.165) is 0 Å². The summed E-state index contributed by atoms with van der Waals surface area (Å²) in [5.74, 6) is 0.524. The Morgan fingerprint density at radius 1 is 1.48 bits per heavy atom. The lowest BCUT2D eigenvalue weighted by Crippen LogP contribution is -2.29. The number of allylic oxidation sites excluding steroid dienone is 5. The summed E-state index contributed by atoms with van der Waals surface area (Å²) >= 11 is 0. The summed E-state index contributed by atoms with van der Waals surface area (Å²) in [4.78, 5) is 28.1. The molecule has 1 N–H and O–H groups in total. The monoisotopic (exact) mass is 340 g/mol. The largest absolute Gasteiger partial charge is 0.311 e. The molecule has 0 aliphatic heterocycles. The number of fused-ring (bicyclic) bond motifs is 1. The van der Waals surface area contributed by atoms with Gasteiger partial charge in [0.1, 0.15) is 5.82 Å². The molecule has 0 saturated heterocycles. The minimum absolute atomic E-state index is 0.143. The summed E-state index contributed by atoms with van der Waals surface area (Å²) in [7, 11) is 1.77. The molecule has 0 amide bonds. The van der Waals surface area contributed by atoms with Crippen LogP contribution in [0.3, 0.4) is 0 Å². The molecule has 25 heavy (non-hydrogen) atoms. The number of aromatic nitrogens is 2. The van der Waals surface area contributed by atoms with E-state index in [1.54, 1.807) is 38.3 Å². The molecule has 0 aliphatic rings. The fourth-order valence-corrected chi connectivity index (χ4v) is 2.44. The van der Waals surface area contributed by atoms with Gasteiger partial charge in [-0.05, 0) is 33.0 Å². The van der Waals surface area contributed by atoms with Crippen molar-refractivity contribution in [3.8, 4) is 0 Å². The lowest BCUT2D eigenvalue weighted by molar-refractivity contribution is -0.384. The number of benzene rings is 1. The van der Waals surface area contributed by atoms with Crippen LogP contribution in [-0.2, 0) is 0 Å². The van der Waals surface area contributed by atoms with E-state index in [0.29, 0.717) is 17.0 Å². The second-order valence-electron chi connectivity index (χ2n) is 5.39. The maximum atomic E-state index is 13.1. The van der Waals surface area contributed by atoms with Gasteiger partial charge in [0.15, 0.2) is 0 Å². The molecular weight excluding hydrogens is 320 g/mol. The fraction of sp³-hybridized carbons (Fsp3) is 0.222. The van der Waals surface area contributed by atoms with Crippen LogP contribution < -0.4 is 10.9 Å². The number of rotatable bonds is 6. The smallest absolute Gasteiger partial charge is 0.270 e. The third kappa shape index (κ3) is 3.56.